The maximum absolute atomic E-state index is 12.1. The van der Waals surface area contributed by atoms with E-state index in [2.05, 4.69) is 20.7 Å². The number of amides is 2. The van der Waals surface area contributed by atoms with Crippen LogP contribution in [0.2, 0.25) is 0 Å². The van der Waals surface area contributed by atoms with Gasteiger partial charge in [-0.3, -0.25) is 15.0 Å². The van der Waals surface area contributed by atoms with Gasteiger partial charge in [0.15, 0.2) is 0 Å². The number of aromatic nitrogens is 3. The number of likely N-dealkylation sites (N-methyl/N-ethyl adjacent to an activating group) is 1. The molecule has 0 aliphatic heterocycles. The van der Waals surface area contributed by atoms with Crippen molar-refractivity contribution < 1.29 is 14.7 Å². The van der Waals surface area contributed by atoms with Crippen LogP contribution in [-0.2, 0) is 4.79 Å². The van der Waals surface area contributed by atoms with E-state index in [1.165, 1.54) is 19.3 Å². The van der Waals surface area contributed by atoms with Gasteiger partial charge in [0, 0.05) is 12.1 Å². The molecule has 2 aliphatic rings. The molecule has 3 N–H and O–H groups in total. The Morgan fingerprint density at radius 2 is 2.04 bits per heavy atom. The van der Waals surface area contributed by atoms with Crippen LogP contribution in [0.1, 0.15) is 57.9 Å². The van der Waals surface area contributed by atoms with Crippen LogP contribution < -0.4 is 10.6 Å². The van der Waals surface area contributed by atoms with Gasteiger partial charge in [0.25, 0.3) is 0 Å². The van der Waals surface area contributed by atoms with Crippen molar-refractivity contribution in [2.75, 3.05) is 18.4 Å². The highest BCUT2D eigenvalue weighted by Gasteiger charge is 2.34. The second-order valence-electron chi connectivity index (χ2n) is 7.22. The number of carbonyl (C=O) groups is 2. The summed E-state index contributed by atoms with van der Waals surface area (Å²) < 4.78 is 1.86. The highest BCUT2D eigenvalue weighted by molar-refractivity contribution is 5.87. The molecule has 0 saturated heterocycles. The first-order valence-electron chi connectivity index (χ1n) is 9.49. The van der Waals surface area contributed by atoms with Crippen molar-refractivity contribution in [3.63, 3.8) is 0 Å². The molecule has 2 amide bonds. The van der Waals surface area contributed by atoms with Gasteiger partial charge in [0.1, 0.15) is 6.33 Å². The molecule has 1 heterocycles. The summed E-state index contributed by atoms with van der Waals surface area (Å²) in [5.74, 6) is -0.495. The molecule has 9 heteroatoms. The average molecular weight is 364 g/mol. The van der Waals surface area contributed by atoms with Gasteiger partial charge in [-0.25, -0.2) is 14.5 Å². The van der Waals surface area contributed by atoms with Crippen molar-refractivity contribution in [3.05, 3.63) is 6.33 Å². The number of nitrogens with zero attached hydrogens (tertiary/aromatic N) is 4. The maximum atomic E-state index is 12.1. The molecule has 0 unspecified atom stereocenters. The molecule has 2 saturated carbocycles. The normalized spacial score (nSPS) is 23.5. The van der Waals surface area contributed by atoms with E-state index in [-0.39, 0.29) is 24.7 Å². The van der Waals surface area contributed by atoms with Gasteiger partial charge in [0.2, 0.25) is 5.95 Å². The molecule has 9 nitrogen and oxygen atoms in total. The highest BCUT2D eigenvalue weighted by Crippen LogP contribution is 2.27. The molecular weight excluding hydrogens is 336 g/mol. The van der Waals surface area contributed by atoms with E-state index in [4.69, 9.17) is 5.11 Å². The zero-order chi connectivity index (χ0) is 18.5. The Bertz CT molecular complexity index is 622. The molecule has 0 aromatic carbocycles. The lowest BCUT2D eigenvalue weighted by Crippen LogP contribution is -2.55. The molecule has 0 atom stereocenters. The van der Waals surface area contributed by atoms with Crippen LogP contribution in [0.5, 0.6) is 0 Å². The number of anilines is 1. The molecule has 1 aromatic rings. The Hall–Kier alpha value is -2.16. The van der Waals surface area contributed by atoms with Gasteiger partial charge in [0.05, 0.1) is 12.6 Å². The standard InChI is InChI=1S/C17H28N6O3/c1-2-22(10-15(24)25)14-8-12(9-14)19-17(26)20-16-18-11-23(21-16)13-6-4-3-5-7-13/h11-14H,2-10H2,1H3,(H,24,25)(H2,19,20,21,26). The molecule has 0 radical (unpaired) electrons. The van der Waals surface area contributed by atoms with Crippen LogP contribution in [0.4, 0.5) is 10.7 Å². The quantitative estimate of drug-likeness (QED) is 0.680. The van der Waals surface area contributed by atoms with Crippen LogP contribution >= 0.6 is 0 Å². The fourth-order valence-corrected chi connectivity index (χ4v) is 3.85. The number of carboxylic acid groups (broad SMARTS) is 1. The molecule has 144 valence electrons. The van der Waals surface area contributed by atoms with Crippen molar-refractivity contribution in [2.24, 2.45) is 0 Å². The fraction of sp³-hybridized carbons (Fsp3) is 0.765. The number of rotatable bonds is 7. The number of urea groups is 1. The van der Waals surface area contributed by atoms with Crippen molar-refractivity contribution >= 4 is 17.9 Å². The minimum Gasteiger partial charge on any atom is -0.480 e. The number of nitrogens with one attached hydrogen (secondary N) is 2. The van der Waals surface area contributed by atoms with Crippen LogP contribution in [0.3, 0.4) is 0 Å². The molecule has 0 spiro atoms. The van der Waals surface area contributed by atoms with Gasteiger partial charge in [-0.2, -0.15) is 0 Å². The third-order valence-corrected chi connectivity index (χ3v) is 5.39. The molecule has 2 aliphatic carbocycles. The zero-order valence-corrected chi connectivity index (χ0v) is 15.2. The Morgan fingerprint density at radius 1 is 1.31 bits per heavy atom. The Balaban J connectivity index is 1.41. The van der Waals surface area contributed by atoms with Crippen LogP contribution in [-0.4, -0.2) is 61.9 Å². The van der Waals surface area contributed by atoms with Crippen LogP contribution in [0.25, 0.3) is 0 Å². The van der Waals surface area contributed by atoms with E-state index in [0.29, 0.717) is 18.5 Å². The van der Waals surface area contributed by atoms with Gasteiger partial charge in [-0.1, -0.05) is 26.2 Å². The number of hydrogen-bond acceptors (Lipinski definition) is 5. The fourth-order valence-electron chi connectivity index (χ4n) is 3.85. The molecule has 0 bridgehead atoms. The minimum absolute atomic E-state index is 0.0443. The SMILES string of the molecule is CCN(CC(=O)O)C1CC(NC(=O)Nc2ncn(C3CCCCC3)n2)C1. The average Bonchev–Trinajstić information content (AvgIpc) is 3.05. The summed E-state index contributed by atoms with van der Waals surface area (Å²) >= 11 is 0. The second kappa shape index (κ2) is 8.48. The lowest BCUT2D eigenvalue weighted by Gasteiger charge is -2.42. The van der Waals surface area contributed by atoms with Crippen LogP contribution in [0.15, 0.2) is 6.33 Å². The second-order valence-corrected chi connectivity index (χ2v) is 7.22. The number of aliphatic carboxylic acids is 1. The summed E-state index contributed by atoms with van der Waals surface area (Å²) in [5.41, 5.74) is 0. The van der Waals surface area contributed by atoms with Crippen LogP contribution in [0, 0.1) is 0 Å². The van der Waals surface area contributed by atoms with E-state index in [0.717, 1.165) is 25.7 Å². The first kappa shape index (κ1) is 18.6. The maximum Gasteiger partial charge on any atom is 0.321 e. The lowest BCUT2D eigenvalue weighted by atomic mass is 9.85. The summed E-state index contributed by atoms with van der Waals surface area (Å²) in [5, 5.41) is 18.9. The summed E-state index contributed by atoms with van der Waals surface area (Å²) in [6, 6.07) is 0.348. The summed E-state index contributed by atoms with van der Waals surface area (Å²) in [6.45, 7) is 2.69. The molecular formula is C17H28N6O3. The third kappa shape index (κ3) is 4.72. The largest absolute Gasteiger partial charge is 0.480 e. The molecule has 2 fully saturated rings. The van der Waals surface area contributed by atoms with Gasteiger partial charge < -0.3 is 10.4 Å². The smallest absolute Gasteiger partial charge is 0.321 e. The van der Waals surface area contributed by atoms with Gasteiger partial charge in [-0.05, 0) is 32.2 Å². The van der Waals surface area contributed by atoms with Crippen molar-refractivity contribution in [1.29, 1.82) is 0 Å². The Kier molecular flexibility index (Phi) is 6.08. The van der Waals surface area contributed by atoms with E-state index in [9.17, 15) is 9.59 Å². The van der Waals surface area contributed by atoms with Crippen molar-refractivity contribution in [1.82, 2.24) is 25.0 Å². The van der Waals surface area contributed by atoms with Crippen molar-refractivity contribution in [2.45, 2.75) is 70.0 Å². The first-order valence-corrected chi connectivity index (χ1v) is 9.49. The monoisotopic (exact) mass is 364 g/mol. The predicted molar refractivity (Wildman–Crippen MR) is 96.0 cm³/mol. The number of hydrogen-bond donors (Lipinski definition) is 3. The third-order valence-electron chi connectivity index (χ3n) is 5.39. The molecule has 3 rings (SSSR count). The van der Waals surface area contributed by atoms with E-state index in [1.54, 1.807) is 6.33 Å². The summed E-state index contributed by atoms with van der Waals surface area (Å²) in [4.78, 5) is 29.1. The van der Waals surface area contributed by atoms with E-state index < -0.39 is 5.97 Å². The summed E-state index contributed by atoms with van der Waals surface area (Å²) in [6.07, 6.45) is 9.15. The highest BCUT2D eigenvalue weighted by atomic mass is 16.4. The summed E-state index contributed by atoms with van der Waals surface area (Å²) in [7, 11) is 0. The Labute approximate surface area is 153 Å². The number of carbonyl (C=O) groups excluding carboxylic acids is 1. The van der Waals surface area contributed by atoms with Crippen molar-refractivity contribution in [3.8, 4) is 0 Å². The van der Waals surface area contributed by atoms with Gasteiger partial charge in [-0.15, -0.1) is 5.10 Å². The lowest BCUT2D eigenvalue weighted by molar-refractivity contribution is -0.139. The van der Waals surface area contributed by atoms with E-state index in [1.807, 2.05) is 16.5 Å². The topological polar surface area (TPSA) is 112 Å². The minimum atomic E-state index is -0.819. The van der Waals surface area contributed by atoms with E-state index >= 15 is 0 Å². The molecule has 26 heavy (non-hydrogen) atoms. The number of carboxylic acids is 1. The van der Waals surface area contributed by atoms with Gasteiger partial charge >= 0.3 is 12.0 Å². The zero-order valence-electron chi connectivity index (χ0n) is 15.2. The predicted octanol–water partition coefficient (Wildman–Crippen LogP) is 1.84. The first-order chi connectivity index (χ1) is 12.5. The Morgan fingerprint density at radius 3 is 2.69 bits per heavy atom. The molecule has 1 aromatic heterocycles.